The van der Waals surface area contributed by atoms with E-state index in [1.165, 1.54) is 5.56 Å². The van der Waals surface area contributed by atoms with Crippen molar-refractivity contribution in [3.63, 3.8) is 0 Å². The zero-order chi connectivity index (χ0) is 15.2. The molecule has 0 fully saturated rings. The molecule has 1 N–H and O–H groups in total. The average Bonchev–Trinajstić information content (AvgIpc) is 2.46. The average molecular weight is 304 g/mol. The number of rotatable bonds is 6. The molecule has 0 aromatic heterocycles. The van der Waals surface area contributed by atoms with Crippen LogP contribution in [0.3, 0.4) is 0 Å². The third-order valence-electron chi connectivity index (χ3n) is 3.28. The smallest absolute Gasteiger partial charge is 0.119 e. The fraction of sp³-hybridized carbons (Fsp3) is 0.333. The molecule has 112 valence electrons. The first-order chi connectivity index (χ1) is 10.1. The quantitative estimate of drug-likeness (QED) is 0.813. The number of nitrogens with one attached hydrogen (secondary N) is 1. The van der Waals surface area contributed by atoms with Crippen molar-refractivity contribution >= 4 is 11.6 Å². The molecule has 0 bridgehead atoms. The highest BCUT2D eigenvalue weighted by Gasteiger charge is 2.08. The second-order valence-electron chi connectivity index (χ2n) is 5.43. The van der Waals surface area contributed by atoms with Crippen molar-refractivity contribution in [1.82, 2.24) is 5.32 Å². The second-order valence-corrected chi connectivity index (χ2v) is 5.84. The molecular weight excluding hydrogens is 282 g/mol. The van der Waals surface area contributed by atoms with Gasteiger partial charge >= 0.3 is 0 Å². The van der Waals surface area contributed by atoms with Crippen LogP contribution in [-0.4, -0.2) is 6.10 Å². The maximum absolute atomic E-state index is 6.21. The van der Waals surface area contributed by atoms with Crippen molar-refractivity contribution in [2.24, 2.45) is 0 Å². The molecule has 21 heavy (non-hydrogen) atoms. The summed E-state index contributed by atoms with van der Waals surface area (Å²) in [5.41, 5.74) is 2.35. The van der Waals surface area contributed by atoms with E-state index >= 15 is 0 Å². The molecule has 2 aromatic carbocycles. The molecule has 0 spiro atoms. The predicted octanol–water partition coefficient (Wildman–Crippen LogP) is 4.98. The van der Waals surface area contributed by atoms with Gasteiger partial charge in [0.2, 0.25) is 0 Å². The Morgan fingerprint density at radius 2 is 1.67 bits per heavy atom. The number of halogens is 1. The highest BCUT2D eigenvalue weighted by molar-refractivity contribution is 6.31. The Balaban J connectivity index is 1.92. The minimum atomic E-state index is 0.203. The van der Waals surface area contributed by atoms with Crippen LogP contribution in [0.5, 0.6) is 5.75 Å². The van der Waals surface area contributed by atoms with Crippen LogP contribution in [0.1, 0.15) is 37.9 Å². The SMILES string of the molecule is CC(C)Oc1ccc(CN[C@@H](C)c2ccccc2Cl)cc1. The van der Waals surface area contributed by atoms with E-state index in [-0.39, 0.29) is 12.1 Å². The standard InChI is InChI=1S/C18H22ClNO/c1-13(2)21-16-10-8-15(9-11-16)12-20-14(3)17-6-4-5-7-18(17)19/h4-11,13-14,20H,12H2,1-3H3/t14-/m0/s1. The summed E-state index contributed by atoms with van der Waals surface area (Å²) in [6.45, 7) is 6.98. The largest absolute Gasteiger partial charge is 0.491 e. The van der Waals surface area contributed by atoms with E-state index in [1.807, 2.05) is 44.2 Å². The van der Waals surface area contributed by atoms with Crippen LogP contribution in [0.15, 0.2) is 48.5 Å². The third-order valence-corrected chi connectivity index (χ3v) is 3.62. The van der Waals surface area contributed by atoms with E-state index in [4.69, 9.17) is 16.3 Å². The Hall–Kier alpha value is -1.51. The molecule has 3 heteroatoms. The van der Waals surface area contributed by atoms with Gasteiger partial charge in [-0.1, -0.05) is 41.9 Å². The summed E-state index contributed by atoms with van der Waals surface area (Å²) in [4.78, 5) is 0. The van der Waals surface area contributed by atoms with Gasteiger partial charge in [-0.15, -0.1) is 0 Å². The molecule has 0 aliphatic heterocycles. The monoisotopic (exact) mass is 303 g/mol. The van der Waals surface area contributed by atoms with Crippen LogP contribution in [0, 0.1) is 0 Å². The lowest BCUT2D eigenvalue weighted by atomic mass is 10.1. The minimum Gasteiger partial charge on any atom is -0.491 e. The summed E-state index contributed by atoms with van der Waals surface area (Å²) in [5, 5.41) is 4.29. The Kier molecular flexibility index (Phi) is 5.66. The fourth-order valence-electron chi connectivity index (χ4n) is 2.17. The lowest BCUT2D eigenvalue weighted by Gasteiger charge is -2.16. The van der Waals surface area contributed by atoms with Crippen LogP contribution in [0.2, 0.25) is 5.02 Å². The van der Waals surface area contributed by atoms with Gasteiger partial charge in [0.1, 0.15) is 5.75 Å². The Bertz CT molecular complexity index is 566. The Morgan fingerprint density at radius 3 is 2.29 bits per heavy atom. The zero-order valence-electron chi connectivity index (χ0n) is 12.8. The molecule has 2 aromatic rings. The maximum atomic E-state index is 6.21. The Morgan fingerprint density at radius 1 is 1.00 bits per heavy atom. The van der Waals surface area contributed by atoms with E-state index in [0.717, 1.165) is 22.9 Å². The second kappa shape index (κ2) is 7.48. The van der Waals surface area contributed by atoms with Gasteiger partial charge in [-0.05, 0) is 50.1 Å². The van der Waals surface area contributed by atoms with Gasteiger partial charge in [-0.3, -0.25) is 0 Å². The fourth-order valence-corrected chi connectivity index (χ4v) is 2.46. The van der Waals surface area contributed by atoms with Crippen LogP contribution in [-0.2, 0) is 6.54 Å². The summed E-state index contributed by atoms with van der Waals surface area (Å²) in [5.74, 6) is 0.910. The van der Waals surface area contributed by atoms with Crippen molar-refractivity contribution in [1.29, 1.82) is 0 Å². The summed E-state index contributed by atoms with van der Waals surface area (Å²) >= 11 is 6.21. The first kappa shape index (κ1) is 15.9. The highest BCUT2D eigenvalue weighted by Crippen LogP contribution is 2.22. The van der Waals surface area contributed by atoms with Crippen molar-refractivity contribution in [2.45, 2.75) is 39.5 Å². The molecule has 0 amide bonds. The van der Waals surface area contributed by atoms with E-state index in [2.05, 4.69) is 30.4 Å². The van der Waals surface area contributed by atoms with Gasteiger partial charge in [-0.25, -0.2) is 0 Å². The molecule has 1 atom stereocenters. The van der Waals surface area contributed by atoms with E-state index < -0.39 is 0 Å². The summed E-state index contributed by atoms with van der Waals surface area (Å²) in [6, 6.07) is 16.4. The van der Waals surface area contributed by atoms with Crippen LogP contribution in [0.4, 0.5) is 0 Å². The first-order valence-electron chi connectivity index (χ1n) is 7.29. The minimum absolute atomic E-state index is 0.203. The molecule has 0 heterocycles. The maximum Gasteiger partial charge on any atom is 0.119 e. The van der Waals surface area contributed by atoms with Gasteiger partial charge in [0.25, 0.3) is 0 Å². The molecule has 0 saturated carbocycles. The van der Waals surface area contributed by atoms with Crippen LogP contribution >= 0.6 is 11.6 Å². The van der Waals surface area contributed by atoms with Crippen molar-refractivity contribution in [3.8, 4) is 5.75 Å². The van der Waals surface area contributed by atoms with Gasteiger partial charge in [0.05, 0.1) is 6.10 Å². The number of hydrogen-bond donors (Lipinski definition) is 1. The molecule has 0 aliphatic rings. The molecule has 0 saturated heterocycles. The number of hydrogen-bond acceptors (Lipinski definition) is 2. The number of benzene rings is 2. The number of ether oxygens (including phenoxy) is 1. The summed E-state index contributed by atoms with van der Waals surface area (Å²) in [7, 11) is 0. The third kappa shape index (κ3) is 4.76. The lowest BCUT2D eigenvalue weighted by Crippen LogP contribution is -2.18. The topological polar surface area (TPSA) is 21.3 Å². The van der Waals surface area contributed by atoms with Crippen molar-refractivity contribution in [3.05, 3.63) is 64.7 Å². The first-order valence-corrected chi connectivity index (χ1v) is 7.67. The molecule has 2 nitrogen and oxygen atoms in total. The zero-order valence-corrected chi connectivity index (χ0v) is 13.5. The van der Waals surface area contributed by atoms with Crippen LogP contribution in [0.25, 0.3) is 0 Å². The van der Waals surface area contributed by atoms with Gasteiger partial charge < -0.3 is 10.1 Å². The van der Waals surface area contributed by atoms with E-state index in [1.54, 1.807) is 0 Å². The van der Waals surface area contributed by atoms with Crippen molar-refractivity contribution < 1.29 is 4.74 Å². The molecule has 0 unspecified atom stereocenters. The predicted molar refractivity (Wildman–Crippen MR) is 88.9 cm³/mol. The Labute approximate surface area is 132 Å². The molecule has 0 aliphatic carbocycles. The van der Waals surface area contributed by atoms with Gasteiger partial charge in [0.15, 0.2) is 0 Å². The lowest BCUT2D eigenvalue weighted by molar-refractivity contribution is 0.242. The molecule has 0 radical (unpaired) electrons. The van der Waals surface area contributed by atoms with Gasteiger partial charge in [-0.2, -0.15) is 0 Å². The van der Waals surface area contributed by atoms with E-state index in [0.29, 0.717) is 0 Å². The highest BCUT2D eigenvalue weighted by atomic mass is 35.5. The van der Waals surface area contributed by atoms with E-state index in [9.17, 15) is 0 Å². The van der Waals surface area contributed by atoms with Crippen LogP contribution < -0.4 is 10.1 Å². The summed E-state index contributed by atoms with van der Waals surface area (Å²) in [6.07, 6.45) is 0.203. The summed E-state index contributed by atoms with van der Waals surface area (Å²) < 4.78 is 5.64. The van der Waals surface area contributed by atoms with Gasteiger partial charge in [0, 0.05) is 17.6 Å². The normalized spacial score (nSPS) is 12.4. The molecule has 2 rings (SSSR count). The molecular formula is C18H22ClNO. The van der Waals surface area contributed by atoms with Crippen molar-refractivity contribution in [2.75, 3.05) is 0 Å².